The Kier molecular flexibility index (Phi) is 5.24. The maximum atomic E-state index is 12.6. The summed E-state index contributed by atoms with van der Waals surface area (Å²) in [6.45, 7) is 1.48. The van der Waals surface area contributed by atoms with Crippen molar-refractivity contribution in [2.24, 2.45) is 0 Å². The van der Waals surface area contributed by atoms with Gasteiger partial charge in [0.15, 0.2) is 0 Å². The Labute approximate surface area is 149 Å². The molecular formula is C20H25N3O2. The van der Waals surface area contributed by atoms with E-state index in [2.05, 4.69) is 21.6 Å². The fraction of sp³-hybridized carbons (Fsp3) is 0.350. The molecule has 1 aliphatic rings. The second-order valence-corrected chi connectivity index (χ2v) is 6.51. The predicted octanol–water partition coefficient (Wildman–Crippen LogP) is 2.70. The standard InChI is InChI=1S/C20H25N3O2/c1-23(2)19(15-5-4-6-17(12-15)25-3)13-22-20(24)16-7-8-18-14(11-16)9-10-21-18/h4-8,11-12,19,21H,9-10,13H2,1-3H3,(H,22,24). The van der Waals surface area contributed by atoms with Crippen LogP contribution in [0.4, 0.5) is 5.69 Å². The van der Waals surface area contributed by atoms with Gasteiger partial charge in [0.05, 0.1) is 13.2 Å². The zero-order valence-electron chi connectivity index (χ0n) is 15.0. The van der Waals surface area contributed by atoms with Gasteiger partial charge in [0, 0.05) is 24.3 Å². The molecule has 0 saturated heterocycles. The third-order valence-electron chi connectivity index (χ3n) is 4.64. The lowest BCUT2D eigenvalue weighted by atomic mass is 10.0. The molecule has 2 aromatic carbocycles. The van der Waals surface area contributed by atoms with Crippen molar-refractivity contribution >= 4 is 11.6 Å². The molecule has 25 heavy (non-hydrogen) atoms. The molecule has 0 aliphatic carbocycles. The number of carbonyl (C=O) groups excluding carboxylic acids is 1. The molecule has 0 fully saturated rings. The van der Waals surface area contributed by atoms with Gasteiger partial charge in [-0.05, 0) is 62.0 Å². The van der Waals surface area contributed by atoms with Gasteiger partial charge in [-0.2, -0.15) is 0 Å². The first-order valence-corrected chi connectivity index (χ1v) is 8.54. The van der Waals surface area contributed by atoms with E-state index >= 15 is 0 Å². The molecule has 1 amide bonds. The minimum absolute atomic E-state index is 0.0375. The number of ether oxygens (including phenoxy) is 1. The highest BCUT2D eigenvalue weighted by atomic mass is 16.5. The molecule has 0 radical (unpaired) electrons. The van der Waals surface area contributed by atoms with Crippen LogP contribution in [-0.4, -0.2) is 45.1 Å². The Balaban J connectivity index is 1.69. The van der Waals surface area contributed by atoms with Crippen LogP contribution in [0.2, 0.25) is 0 Å². The quantitative estimate of drug-likeness (QED) is 0.850. The summed E-state index contributed by atoms with van der Waals surface area (Å²) in [5.74, 6) is 0.784. The van der Waals surface area contributed by atoms with Gasteiger partial charge in [-0.1, -0.05) is 12.1 Å². The van der Waals surface area contributed by atoms with Crippen molar-refractivity contribution in [2.45, 2.75) is 12.5 Å². The Hall–Kier alpha value is -2.53. The molecule has 1 unspecified atom stereocenters. The second-order valence-electron chi connectivity index (χ2n) is 6.51. The maximum absolute atomic E-state index is 12.6. The highest BCUT2D eigenvalue weighted by molar-refractivity contribution is 5.95. The van der Waals surface area contributed by atoms with E-state index in [1.54, 1.807) is 7.11 Å². The third kappa shape index (κ3) is 3.94. The van der Waals surface area contributed by atoms with Crippen molar-refractivity contribution in [3.63, 3.8) is 0 Å². The number of nitrogens with one attached hydrogen (secondary N) is 2. The number of likely N-dealkylation sites (N-methyl/N-ethyl adjacent to an activating group) is 1. The molecule has 3 rings (SSSR count). The molecule has 5 nitrogen and oxygen atoms in total. The molecule has 132 valence electrons. The van der Waals surface area contributed by atoms with Crippen LogP contribution in [0, 0.1) is 0 Å². The Bertz CT molecular complexity index is 758. The van der Waals surface area contributed by atoms with Gasteiger partial charge >= 0.3 is 0 Å². The molecule has 1 aliphatic heterocycles. The van der Waals surface area contributed by atoms with Crippen molar-refractivity contribution in [3.8, 4) is 5.75 Å². The molecule has 0 aromatic heterocycles. The highest BCUT2D eigenvalue weighted by Crippen LogP contribution is 2.24. The van der Waals surface area contributed by atoms with Gasteiger partial charge in [-0.15, -0.1) is 0 Å². The summed E-state index contributed by atoms with van der Waals surface area (Å²) in [5.41, 5.74) is 4.18. The first-order chi connectivity index (χ1) is 12.1. The first kappa shape index (κ1) is 17.3. The van der Waals surface area contributed by atoms with Gasteiger partial charge in [-0.3, -0.25) is 4.79 Å². The molecule has 2 N–H and O–H groups in total. The number of anilines is 1. The van der Waals surface area contributed by atoms with E-state index in [-0.39, 0.29) is 11.9 Å². The van der Waals surface area contributed by atoms with Crippen LogP contribution < -0.4 is 15.4 Å². The van der Waals surface area contributed by atoms with Crippen LogP contribution in [0.15, 0.2) is 42.5 Å². The van der Waals surface area contributed by atoms with E-state index in [9.17, 15) is 4.79 Å². The van der Waals surface area contributed by atoms with Gasteiger partial charge in [-0.25, -0.2) is 0 Å². The lowest BCUT2D eigenvalue weighted by Crippen LogP contribution is -2.34. The number of benzene rings is 2. The molecule has 2 aromatic rings. The minimum atomic E-state index is -0.0375. The van der Waals surface area contributed by atoms with E-state index in [0.29, 0.717) is 12.1 Å². The molecule has 0 bridgehead atoms. The molecule has 1 heterocycles. The molecule has 0 saturated carbocycles. The fourth-order valence-electron chi connectivity index (χ4n) is 3.18. The summed E-state index contributed by atoms with van der Waals surface area (Å²) in [6.07, 6.45) is 0.973. The summed E-state index contributed by atoms with van der Waals surface area (Å²) >= 11 is 0. The summed E-state index contributed by atoms with van der Waals surface area (Å²) in [5, 5.41) is 6.38. The number of nitrogens with zero attached hydrogens (tertiary/aromatic N) is 1. The highest BCUT2D eigenvalue weighted by Gasteiger charge is 2.18. The molecule has 0 spiro atoms. The van der Waals surface area contributed by atoms with Crippen molar-refractivity contribution in [2.75, 3.05) is 39.6 Å². The number of rotatable bonds is 6. The molecular weight excluding hydrogens is 314 g/mol. The number of hydrogen-bond donors (Lipinski definition) is 2. The number of methoxy groups -OCH3 is 1. The number of hydrogen-bond acceptors (Lipinski definition) is 4. The maximum Gasteiger partial charge on any atom is 0.251 e. The van der Waals surface area contributed by atoms with Crippen molar-refractivity contribution in [1.29, 1.82) is 0 Å². The Morgan fingerprint density at radius 3 is 2.88 bits per heavy atom. The summed E-state index contributed by atoms with van der Waals surface area (Å²) in [6, 6.07) is 13.9. The van der Waals surface area contributed by atoms with E-state index in [1.165, 1.54) is 5.56 Å². The SMILES string of the molecule is COc1cccc(C(CNC(=O)c2ccc3c(c2)CCN3)N(C)C)c1. The van der Waals surface area contributed by atoms with Gasteiger partial charge in [0.1, 0.15) is 5.75 Å². The topological polar surface area (TPSA) is 53.6 Å². The zero-order chi connectivity index (χ0) is 17.8. The predicted molar refractivity (Wildman–Crippen MR) is 100 cm³/mol. The smallest absolute Gasteiger partial charge is 0.251 e. The van der Waals surface area contributed by atoms with E-state index in [1.807, 2.05) is 50.5 Å². The number of fused-ring (bicyclic) bond motifs is 1. The zero-order valence-corrected chi connectivity index (χ0v) is 15.0. The molecule has 5 heteroatoms. The first-order valence-electron chi connectivity index (χ1n) is 8.54. The normalized spacial score (nSPS) is 13.9. The minimum Gasteiger partial charge on any atom is -0.497 e. The van der Waals surface area contributed by atoms with E-state index < -0.39 is 0 Å². The lowest BCUT2D eigenvalue weighted by Gasteiger charge is -2.25. The van der Waals surface area contributed by atoms with Crippen LogP contribution >= 0.6 is 0 Å². The average Bonchev–Trinajstić information content (AvgIpc) is 3.09. The summed E-state index contributed by atoms with van der Waals surface area (Å²) in [7, 11) is 5.68. The van der Waals surface area contributed by atoms with Crippen LogP contribution in [0.25, 0.3) is 0 Å². The van der Waals surface area contributed by atoms with Crippen molar-refractivity contribution in [1.82, 2.24) is 10.2 Å². The molecule has 1 atom stereocenters. The van der Waals surface area contributed by atoms with Gasteiger partial charge < -0.3 is 20.3 Å². The van der Waals surface area contributed by atoms with E-state index in [4.69, 9.17) is 4.74 Å². The van der Waals surface area contributed by atoms with Gasteiger partial charge in [0.2, 0.25) is 0 Å². The Morgan fingerprint density at radius 1 is 1.28 bits per heavy atom. The Morgan fingerprint density at radius 2 is 2.12 bits per heavy atom. The fourth-order valence-corrected chi connectivity index (χ4v) is 3.18. The van der Waals surface area contributed by atoms with Crippen LogP contribution in [-0.2, 0) is 6.42 Å². The van der Waals surface area contributed by atoms with Crippen LogP contribution in [0.1, 0.15) is 27.5 Å². The van der Waals surface area contributed by atoms with Crippen molar-refractivity contribution < 1.29 is 9.53 Å². The summed E-state index contributed by atoms with van der Waals surface area (Å²) in [4.78, 5) is 14.7. The average molecular weight is 339 g/mol. The second kappa shape index (κ2) is 7.57. The van der Waals surface area contributed by atoms with Crippen LogP contribution in [0.5, 0.6) is 5.75 Å². The summed E-state index contributed by atoms with van der Waals surface area (Å²) < 4.78 is 5.31. The van der Waals surface area contributed by atoms with Gasteiger partial charge in [0.25, 0.3) is 5.91 Å². The monoisotopic (exact) mass is 339 g/mol. The van der Waals surface area contributed by atoms with Crippen LogP contribution in [0.3, 0.4) is 0 Å². The number of amides is 1. The third-order valence-corrected chi connectivity index (χ3v) is 4.64. The van der Waals surface area contributed by atoms with Crippen molar-refractivity contribution in [3.05, 3.63) is 59.2 Å². The van der Waals surface area contributed by atoms with E-state index in [0.717, 1.165) is 30.0 Å². The lowest BCUT2D eigenvalue weighted by molar-refractivity contribution is 0.0942. The largest absolute Gasteiger partial charge is 0.497 e. The number of carbonyl (C=O) groups is 1.